The standard InChI is InChI=1S/C15H23ClN2OS/c16-13-5-4-12(20-13)14(18-17)11-6-9-19-15(10-11)7-2-1-3-8-15/h4-5,11,14,18H,1-3,6-10,17H2. The Hall–Kier alpha value is -0.130. The SMILES string of the molecule is NNC(c1ccc(Cl)s1)C1CCOC2(CCCCC2)C1. The molecule has 0 aromatic carbocycles. The molecule has 3 rings (SSSR count). The van der Waals surface area contributed by atoms with Crippen LogP contribution in [0.2, 0.25) is 4.34 Å². The summed E-state index contributed by atoms with van der Waals surface area (Å²) in [5.41, 5.74) is 3.14. The molecule has 1 spiro atoms. The molecule has 1 aromatic rings. The Morgan fingerprint density at radius 2 is 2.15 bits per heavy atom. The van der Waals surface area contributed by atoms with Crippen LogP contribution in [-0.2, 0) is 4.74 Å². The average Bonchev–Trinajstić information content (AvgIpc) is 2.87. The van der Waals surface area contributed by atoms with Crippen LogP contribution in [0.5, 0.6) is 0 Å². The molecule has 2 unspecified atom stereocenters. The molecule has 1 aliphatic heterocycles. The van der Waals surface area contributed by atoms with Crippen molar-refractivity contribution >= 4 is 22.9 Å². The lowest BCUT2D eigenvalue weighted by Crippen LogP contribution is -2.45. The summed E-state index contributed by atoms with van der Waals surface area (Å²) >= 11 is 7.70. The van der Waals surface area contributed by atoms with Crippen molar-refractivity contribution in [3.05, 3.63) is 21.3 Å². The van der Waals surface area contributed by atoms with Gasteiger partial charge in [-0.3, -0.25) is 11.3 Å². The highest BCUT2D eigenvalue weighted by Crippen LogP contribution is 2.45. The summed E-state index contributed by atoms with van der Waals surface area (Å²) in [4.78, 5) is 1.25. The molecule has 112 valence electrons. The molecule has 1 aliphatic carbocycles. The molecule has 1 aromatic heterocycles. The van der Waals surface area contributed by atoms with Crippen molar-refractivity contribution < 1.29 is 4.74 Å². The number of ether oxygens (including phenoxy) is 1. The third kappa shape index (κ3) is 3.04. The zero-order valence-electron chi connectivity index (χ0n) is 11.7. The number of rotatable bonds is 3. The number of thiophene rings is 1. The predicted molar refractivity (Wildman–Crippen MR) is 83.9 cm³/mol. The van der Waals surface area contributed by atoms with Crippen LogP contribution in [0.15, 0.2) is 12.1 Å². The van der Waals surface area contributed by atoms with E-state index in [0.29, 0.717) is 5.92 Å². The van der Waals surface area contributed by atoms with E-state index in [2.05, 4.69) is 11.5 Å². The van der Waals surface area contributed by atoms with Gasteiger partial charge in [0.1, 0.15) is 0 Å². The lowest BCUT2D eigenvalue weighted by molar-refractivity contribution is -0.122. The molecule has 0 amide bonds. The minimum absolute atomic E-state index is 0.122. The Balaban J connectivity index is 1.74. The van der Waals surface area contributed by atoms with Crippen LogP contribution in [0, 0.1) is 5.92 Å². The van der Waals surface area contributed by atoms with E-state index in [1.54, 1.807) is 11.3 Å². The Labute approximate surface area is 129 Å². The molecule has 1 saturated heterocycles. The first-order valence-corrected chi connectivity index (χ1v) is 8.77. The van der Waals surface area contributed by atoms with Gasteiger partial charge < -0.3 is 4.74 Å². The molecule has 0 radical (unpaired) electrons. The van der Waals surface area contributed by atoms with Gasteiger partial charge >= 0.3 is 0 Å². The fourth-order valence-electron chi connectivity index (χ4n) is 3.84. The molecule has 1 saturated carbocycles. The van der Waals surface area contributed by atoms with Gasteiger partial charge in [-0.15, -0.1) is 11.3 Å². The third-order valence-electron chi connectivity index (χ3n) is 4.85. The first kappa shape index (κ1) is 14.8. The lowest BCUT2D eigenvalue weighted by Gasteiger charge is -2.45. The maximum Gasteiger partial charge on any atom is 0.0931 e. The molecular weight excluding hydrogens is 292 g/mol. The molecule has 3 nitrogen and oxygen atoms in total. The van der Waals surface area contributed by atoms with Gasteiger partial charge in [0.15, 0.2) is 0 Å². The van der Waals surface area contributed by atoms with E-state index in [0.717, 1.165) is 23.8 Å². The second-order valence-electron chi connectivity index (χ2n) is 6.13. The Kier molecular flexibility index (Phi) is 4.68. The highest BCUT2D eigenvalue weighted by atomic mass is 35.5. The fourth-order valence-corrected chi connectivity index (χ4v) is 5.06. The number of halogens is 1. The molecule has 2 heterocycles. The Morgan fingerprint density at radius 3 is 2.80 bits per heavy atom. The van der Waals surface area contributed by atoms with Crippen LogP contribution < -0.4 is 11.3 Å². The van der Waals surface area contributed by atoms with Crippen molar-refractivity contribution in [1.29, 1.82) is 0 Å². The Morgan fingerprint density at radius 1 is 1.35 bits per heavy atom. The van der Waals surface area contributed by atoms with Crippen molar-refractivity contribution in [2.24, 2.45) is 11.8 Å². The van der Waals surface area contributed by atoms with E-state index in [9.17, 15) is 0 Å². The highest BCUT2D eigenvalue weighted by Gasteiger charge is 2.41. The van der Waals surface area contributed by atoms with Crippen LogP contribution in [0.4, 0.5) is 0 Å². The first-order chi connectivity index (χ1) is 9.72. The summed E-state index contributed by atoms with van der Waals surface area (Å²) in [5.74, 6) is 6.38. The van der Waals surface area contributed by atoms with Gasteiger partial charge in [0.2, 0.25) is 0 Å². The number of hydrogen-bond acceptors (Lipinski definition) is 4. The van der Waals surface area contributed by atoms with Crippen LogP contribution in [0.3, 0.4) is 0 Å². The zero-order valence-corrected chi connectivity index (χ0v) is 13.3. The lowest BCUT2D eigenvalue weighted by atomic mass is 9.74. The topological polar surface area (TPSA) is 47.3 Å². The molecule has 2 fully saturated rings. The number of nitrogens with one attached hydrogen (secondary N) is 1. The second kappa shape index (κ2) is 6.32. The molecule has 5 heteroatoms. The number of hydrazine groups is 1. The maximum absolute atomic E-state index is 6.18. The van der Waals surface area contributed by atoms with Crippen molar-refractivity contribution in [1.82, 2.24) is 5.43 Å². The minimum atomic E-state index is 0.122. The quantitative estimate of drug-likeness (QED) is 0.654. The van der Waals surface area contributed by atoms with Gasteiger partial charge in [-0.25, -0.2) is 0 Å². The van der Waals surface area contributed by atoms with Gasteiger partial charge in [0, 0.05) is 11.5 Å². The summed E-state index contributed by atoms with van der Waals surface area (Å²) in [7, 11) is 0. The molecule has 0 bridgehead atoms. The van der Waals surface area contributed by atoms with E-state index >= 15 is 0 Å². The van der Waals surface area contributed by atoms with E-state index in [4.69, 9.17) is 22.2 Å². The summed E-state index contributed by atoms with van der Waals surface area (Å²) in [6.07, 6.45) is 8.59. The molecular formula is C15H23ClN2OS. The van der Waals surface area contributed by atoms with Crippen molar-refractivity contribution in [2.75, 3.05) is 6.61 Å². The summed E-state index contributed by atoms with van der Waals surface area (Å²) in [6.45, 7) is 0.863. The van der Waals surface area contributed by atoms with E-state index < -0.39 is 0 Å². The monoisotopic (exact) mass is 314 g/mol. The van der Waals surface area contributed by atoms with Gasteiger partial charge in [0.05, 0.1) is 16.0 Å². The maximum atomic E-state index is 6.18. The molecule has 2 aliphatic rings. The third-order valence-corrected chi connectivity index (χ3v) is 6.16. The summed E-state index contributed by atoms with van der Waals surface area (Å²) in [5, 5.41) is 0. The van der Waals surface area contributed by atoms with Crippen LogP contribution >= 0.6 is 22.9 Å². The van der Waals surface area contributed by atoms with Crippen LogP contribution in [0.25, 0.3) is 0 Å². The van der Waals surface area contributed by atoms with Crippen molar-refractivity contribution in [3.8, 4) is 0 Å². The van der Waals surface area contributed by atoms with Gasteiger partial charge in [0.25, 0.3) is 0 Å². The molecule has 2 atom stereocenters. The largest absolute Gasteiger partial charge is 0.375 e. The van der Waals surface area contributed by atoms with Crippen LogP contribution in [-0.4, -0.2) is 12.2 Å². The van der Waals surface area contributed by atoms with Crippen LogP contribution in [0.1, 0.15) is 55.9 Å². The van der Waals surface area contributed by atoms with E-state index in [1.165, 1.54) is 37.0 Å². The van der Waals surface area contributed by atoms with Gasteiger partial charge in [-0.2, -0.15) is 0 Å². The summed E-state index contributed by atoms with van der Waals surface area (Å²) < 4.78 is 7.01. The average molecular weight is 315 g/mol. The smallest absolute Gasteiger partial charge is 0.0931 e. The number of nitrogens with two attached hydrogens (primary N) is 1. The van der Waals surface area contributed by atoms with E-state index in [1.807, 2.05) is 6.07 Å². The summed E-state index contributed by atoms with van der Waals surface area (Å²) in [6, 6.07) is 4.26. The van der Waals surface area contributed by atoms with E-state index in [-0.39, 0.29) is 11.6 Å². The van der Waals surface area contributed by atoms with Crippen molar-refractivity contribution in [3.63, 3.8) is 0 Å². The van der Waals surface area contributed by atoms with Crippen molar-refractivity contribution in [2.45, 2.75) is 56.6 Å². The fraction of sp³-hybridized carbons (Fsp3) is 0.733. The highest BCUT2D eigenvalue weighted by molar-refractivity contribution is 7.16. The van der Waals surface area contributed by atoms with Gasteiger partial charge in [-0.05, 0) is 43.7 Å². The number of hydrogen-bond donors (Lipinski definition) is 2. The first-order valence-electron chi connectivity index (χ1n) is 7.58. The molecule has 3 N–H and O–H groups in total. The normalized spacial score (nSPS) is 27.6. The Bertz CT molecular complexity index is 439. The van der Waals surface area contributed by atoms with Gasteiger partial charge in [-0.1, -0.05) is 30.9 Å². The molecule has 20 heavy (non-hydrogen) atoms. The predicted octanol–water partition coefficient (Wildman–Crippen LogP) is 4.04. The second-order valence-corrected chi connectivity index (χ2v) is 7.88. The minimum Gasteiger partial charge on any atom is -0.375 e. The zero-order chi connectivity index (χ0) is 14.0.